The first-order valence-corrected chi connectivity index (χ1v) is 5.12. The number of benzene rings is 1. The summed E-state index contributed by atoms with van der Waals surface area (Å²) >= 11 is 0. The van der Waals surface area contributed by atoms with E-state index < -0.39 is 17.7 Å². The Balaban J connectivity index is 2.25. The van der Waals surface area contributed by atoms with Crippen LogP contribution in [0.2, 0.25) is 0 Å². The largest absolute Gasteiger partial charge is 0.478 e. The number of rotatable bonds is 3. The van der Waals surface area contributed by atoms with Gasteiger partial charge in [-0.3, -0.25) is 4.79 Å². The van der Waals surface area contributed by atoms with Gasteiger partial charge in [0.05, 0.1) is 11.3 Å². The van der Waals surface area contributed by atoms with E-state index in [1.54, 1.807) is 0 Å². The Morgan fingerprint density at radius 2 is 2.16 bits per heavy atom. The molecule has 0 fully saturated rings. The fourth-order valence-electron chi connectivity index (χ4n) is 1.32. The minimum atomic E-state index is -1.23. The van der Waals surface area contributed by atoms with Gasteiger partial charge < -0.3 is 14.9 Å². The van der Waals surface area contributed by atoms with E-state index in [4.69, 9.17) is 5.11 Å². The lowest BCUT2D eigenvalue weighted by Crippen LogP contribution is -2.15. The molecule has 1 amide bonds. The number of aryl methyl sites for hydroxylation is 1. The number of carboxylic acid groups (broad SMARTS) is 1. The van der Waals surface area contributed by atoms with Crippen molar-refractivity contribution in [2.24, 2.45) is 0 Å². The lowest BCUT2D eigenvalue weighted by molar-refractivity contribution is 0.0696. The number of hydrogen-bond donors (Lipinski definition) is 2. The molecule has 1 aromatic heterocycles. The summed E-state index contributed by atoms with van der Waals surface area (Å²) in [4.78, 5) is 26.1. The van der Waals surface area contributed by atoms with Gasteiger partial charge in [-0.05, 0) is 18.2 Å². The molecular formula is C11H8FN3O4. The topological polar surface area (TPSA) is 105 Å². The quantitative estimate of drug-likeness (QED) is 0.870. The normalized spacial score (nSPS) is 10.2. The van der Waals surface area contributed by atoms with Crippen LogP contribution in [0.3, 0.4) is 0 Å². The molecule has 0 unspecified atom stereocenters. The van der Waals surface area contributed by atoms with Crippen molar-refractivity contribution < 1.29 is 23.6 Å². The number of nitrogens with one attached hydrogen (secondary N) is 1. The summed E-state index contributed by atoms with van der Waals surface area (Å²) in [7, 11) is 0. The van der Waals surface area contributed by atoms with Gasteiger partial charge in [0.1, 0.15) is 5.82 Å². The number of aromatic nitrogens is 2. The van der Waals surface area contributed by atoms with Gasteiger partial charge in [0, 0.05) is 6.92 Å². The highest BCUT2D eigenvalue weighted by atomic mass is 19.1. The van der Waals surface area contributed by atoms with Gasteiger partial charge in [0.2, 0.25) is 5.89 Å². The molecule has 98 valence electrons. The number of anilines is 1. The number of aromatic carboxylic acids is 1. The van der Waals surface area contributed by atoms with E-state index in [9.17, 15) is 14.0 Å². The van der Waals surface area contributed by atoms with Crippen molar-refractivity contribution in [2.45, 2.75) is 6.92 Å². The Labute approximate surface area is 106 Å². The Morgan fingerprint density at radius 3 is 2.74 bits per heavy atom. The molecular weight excluding hydrogens is 257 g/mol. The van der Waals surface area contributed by atoms with E-state index in [1.807, 2.05) is 0 Å². The number of nitrogens with zero attached hydrogens (tertiary/aromatic N) is 2. The molecule has 1 aromatic carbocycles. The Kier molecular flexibility index (Phi) is 3.23. The smallest absolute Gasteiger partial charge is 0.335 e. The Morgan fingerprint density at radius 1 is 1.42 bits per heavy atom. The minimum absolute atomic E-state index is 0.152. The summed E-state index contributed by atoms with van der Waals surface area (Å²) in [5, 5.41) is 14.3. The van der Waals surface area contributed by atoms with E-state index in [-0.39, 0.29) is 23.0 Å². The summed E-state index contributed by atoms with van der Waals surface area (Å²) in [6.45, 7) is 1.50. The zero-order chi connectivity index (χ0) is 14.0. The van der Waals surface area contributed by atoms with E-state index in [2.05, 4.69) is 20.0 Å². The van der Waals surface area contributed by atoms with Crippen LogP contribution in [0.4, 0.5) is 10.1 Å². The highest BCUT2D eigenvalue weighted by molar-refractivity contribution is 6.02. The molecule has 0 spiro atoms. The number of amides is 1. The first-order valence-electron chi connectivity index (χ1n) is 5.12. The Bertz CT molecular complexity index is 653. The molecule has 7 nitrogen and oxygen atoms in total. The van der Waals surface area contributed by atoms with Crippen LogP contribution in [0, 0.1) is 12.7 Å². The van der Waals surface area contributed by atoms with Crippen molar-refractivity contribution in [1.29, 1.82) is 0 Å². The molecule has 0 saturated carbocycles. The molecule has 0 saturated heterocycles. The number of carboxylic acids is 1. The van der Waals surface area contributed by atoms with Crippen LogP contribution in [-0.4, -0.2) is 27.1 Å². The first kappa shape index (κ1) is 12.7. The van der Waals surface area contributed by atoms with Crippen molar-refractivity contribution in [3.63, 3.8) is 0 Å². The van der Waals surface area contributed by atoms with E-state index in [0.717, 1.165) is 18.2 Å². The van der Waals surface area contributed by atoms with Crippen LogP contribution in [0.1, 0.15) is 26.9 Å². The predicted octanol–water partition coefficient (Wildman–Crippen LogP) is 1.47. The highest BCUT2D eigenvalue weighted by Gasteiger charge is 2.16. The van der Waals surface area contributed by atoms with E-state index >= 15 is 0 Å². The highest BCUT2D eigenvalue weighted by Crippen LogP contribution is 2.17. The van der Waals surface area contributed by atoms with Gasteiger partial charge in [0.15, 0.2) is 0 Å². The van der Waals surface area contributed by atoms with Crippen LogP contribution >= 0.6 is 0 Å². The average molecular weight is 265 g/mol. The average Bonchev–Trinajstić information content (AvgIpc) is 2.78. The SMILES string of the molecule is Cc1nc(C(=O)Nc2cc(C(=O)O)ccc2F)no1. The lowest BCUT2D eigenvalue weighted by Gasteiger charge is -2.04. The summed E-state index contributed by atoms with van der Waals surface area (Å²) in [5.41, 5.74) is -0.423. The van der Waals surface area contributed by atoms with Crippen molar-refractivity contribution in [2.75, 3.05) is 5.32 Å². The molecule has 19 heavy (non-hydrogen) atoms. The molecule has 0 aliphatic rings. The van der Waals surface area contributed by atoms with Crippen LogP contribution in [0.25, 0.3) is 0 Å². The fraction of sp³-hybridized carbons (Fsp3) is 0.0909. The van der Waals surface area contributed by atoms with Gasteiger partial charge in [-0.2, -0.15) is 4.98 Å². The molecule has 0 bridgehead atoms. The minimum Gasteiger partial charge on any atom is -0.478 e. The van der Waals surface area contributed by atoms with Gasteiger partial charge >= 0.3 is 5.97 Å². The van der Waals surface area contributed by atoms with Gasteiger partial charge in [0.25, 0.3) is 11.7 Å². The molecule has 2 N–H and O–H groups in total. The summed E-state index contributed by atoms with van der Waals surface area (Å²) in [6.07, 6.45) is 0. The summed E-state index contributed by atoms with van der Waals surface area (Å²) in [5.74, 6) is -2.87. The van der Waals surface area contributed by atoms with Gasteiger partial charge in [-0.25, -0.2) is 9.18 Å². The third-order valence-corrected chi connectivity index (χ3v) is 2.19. The third-order valence-electron chi connectivity index (χ3n) is 2.19. The molecule has 0 aliphatic carbocycles. The zero-order valence-corrected chi connectivity index (χ0v) is 9.68. The van der Waals surface area contributed by atoms with Crippen LogP contribution in [0.15, 0.2) is 22.7 Å². The lowest BCUT2D eigenvalue weighted by atomic mass is 10.2. The molecule has 0 atom stereocenters. The molecule has 2 rings (SSSR count). The second-order valence-electron chi connectivity index (χ2n) is 3.59. The van der Waals surface area contributed by atoms with Gasteiger partial charge in [-0.1, -0.05) is 5.16 Å². The van der Waals surface area contributed by atoms with Gasteiger partial charge in [-0.15, -0.1) is 0 Å². The zero-order valence-electron chi connectivity index (χ0n) is 9.68. The van der Waals surface area contributed by atoms with Crippen LogP contribution < -0.4 is 5.32 Å². The molecule has 2 aromatic rings. The molecule has 8 heteroatoms. The maximum absolute atomic E-state index is 13.4. The van der Waals surface area contributed by atoms with Crippen LogP contribution in [-0.2, 0) is 0 Å². The third kappa shape index (κ3) is 2.73. The number of halogens is 1. The van der Waals surface area contributed by atoms with Crippen molar-refractivity contribution in [3.05, 3.63) is 41.3 Å². The van der Waals surface area contributed by atoms with E-state index in [0.29, 0.717) is 0 Å². The van der Waals surface area contributed by atoms with Crippen molar-refractivity contribution in [1.82, 2.24) is 10.1 Å². The first-order chi connectivity index (χ1) is 8.97. The number of hydrogen-bond acceptors (Lipinski definition) is 5. The van der Waals surface area contributed by atoms with E-state index in [1.165, 1.54) is 6.92 Å². The standard InChI is InChI=1S/C11H8FN3O4/c1-5-13-9(15-19-5)10(16)14-8-4-6(11(17)18)2-3-7(8)12/h2-4H,1H3,(H,14,16)(H,17,18). The van der Waals surface area contributed by atoms with Crippen molar-refractivity contribution >= 4 is 17.6 Å². The molecule has 0 aliphatic heterocycles. The second-order valence-corrected chi connectivity index (χ2v) is 3.59. The van der Waals surface area contributed by atoms with Crippen molar-refractivity contribution in [3.8, 4) is 0 Å². The predicted molar refractivity (Wildman–Crippen MR) is 60.3 cm³/mol. The number of carbonyl (C=O) groups excluding carboxylic acids is 1. The maximum atomic E-state index is 13.4. The fourth-order valence-corrected chi connectivity index (χ4v) is 1.32. The molecule has 1 heterocycles. The Hall–Kier alpha value is -2.77. The maximum Gasteiger partial charge on any atom is 0.335 e. The summed E-state index contributed by atoms with van der Waals surface area (Å²) < 4.78 is 18.0. The second kappa shape index (κ2) is 4.84. The monoisotopic (exact) mass is 265 g/mol. The summed E-state index contributed by atoms with van der Waals surface area (Å²) in [6, 6.07) is 3.04. The number of carbonyl (C=O) groups is 2. The molecule has 0 radical (unpaired) electrons. The van der Waals surface area contributed by atoms with Crippen LogP contribution in [0.5, 0.6) is 0 Å².